The third-order valence-corrected chi connectivity index (χ3v) is 3.18. The lowest BCUT2D eigenvalue weighted by Crippen LogP contribution is -2.08. The highest BCUT2D eigenvalue weighted by Gasteiger charge is 2.11. The molecule has 3 heteroatoms. The molecule has 0 aromatic heterocycles. The van der Waals surface area contributed by atoms with Gasteiger partial charge in [0, 0.05) is 12.2 Å². The maximum atomic E-state index is 11.8. The largest absolute Gasteiger partial charge is 0.465 e. The fourth-order valence-corrected chi connectivity index (χ4v) is 1.99. The molecular weight excluding hydrogens is 250 g/mol. The molecule has 0 aliphatic heterocycles. The summed E-state index contributed by atoms with van der Waals surface area (Å²) < 4.78 is 4.82. The number of carbonyl (C=O) groups is 1. The number of benzene rings is 2. The number of anilines is 1. The van der Waals surface area contributed by atoms with Crippen molar-refractivity contribution in [2.45, 2.75) is 20.4 Å². The standard InChI is InChI=1S/C17H19NO2/c1-12-4-7-14(8-5-12)11-18-16-9-6-13(2)10-15(16)17(19)20-3/h4-10,18H,11H2,1-3H3. The van der Waals surface area contributed by atoms with E-state index in [4.69, 9.17) is 4.74 Å². The summed E-state index contributed by atoms with van der Waals surface area (Å²) in [4.78, 5) is 11.8. The summed E-state index contributed by atoms with van der Waals surface area (Å²) in [5.41, 5.74) is 4.81. The SMILES string of the molecule is COC(=O)c1cc(C)ccc1NCc1ccc(C)cc1. The average molecular weight is 269 g/mol. The first-order valence-electron chi connectivity index (χ1n) is 6.58. The Bertz CT molecular complexity index is 603. The second kappa shape index (κ2) is 6.24. The molecule has 0 radical (unpaired) electrons. The summed E-state index contributed by atoms with van der Waals surface area (Å²) in [6.45, 7) is 4.69. The summed E-state index contributed by atoms with van der Waals surface area (Å²) in [5.74, 6) is -0.319. The lowest BCUT2D eigenvalue weighted by Gasteiger charge is -2.12. The van der Waals surface area contributed by atoms with Gasteiger partial charge < -0.3 is 10.1 Å². The molecule has 104 valence electrons. The number of ether oxygens (including phenoxy) is 1. The normalized spacial score (nSPS) is 10.2. The Kier molecular flexibility index (Phi) is 4.41. The molecule has 20 heavy (non-hydrogen) atoms. The molecule has 0 saturated heterocycles. The Labute approximate surface area is 119 Å². The smallest absolute Gasteiger partial charge is 0.339 e. The minimum atomic E-state index is -0.319. The molecule has 0 spiro atoms. The zero-order valence-electron chi connectivity index (χ0n) is 12.1. The van der Waals surface area contributed by atoms with Gasteiger partial charge in [-0.15, -0.1) is 0 Å². The third kappa shape index (κ3) is 3.38. The Balaban J connectivity index is 2.16. The topological polar surface area (TPSA) is 38.3 Å². The van der Waals surface area contributed by atoms with Crippen molar-refractivity contribution in [1.82, 2.24) is 0 Å². The lowest BCUT2D eigenvalue weighted by atomic mass is 10.1. The number of nitrogens with one attached hydrogen (secondary N) is 1. The van der Waals surface area contributed by atoms with Gasteiger partial charge in [-0.3, -0.25) is 0 Å². The quantitative estimate of drug-likeness (QED) is 0.860. The Morgan fingerprint density at radius 2 is 1.70 bits per heavy atom. The van der Waals surface area contributed by atoms with E-state index in [0.717, 1.165) is 11.3 Å². The summed E-state index contributed by atoms with van der Waals surface area (Å²) in [6.07, 6.45) is 0. The van der Waals surface area contributed by atoms with Gasteiger partial charge in [0.25, 0.3) is 0 Å². The van der Waals surface area contributed by atoms with Crippen LogP contribution < -0.4 is 5.32 Å². The fraction of sp³-hybridized carbons (Fsp3) is 0.235. The highest BCUT2D eigenvalue weighted by Crippen LogP contribution is 2.19. The Hall–Kier alpha value is -2.29. The van der Waals surface area contributed by atoms with Crippen molar-refractivity contribution in [1.29, 1.82) is 0 Å². The second-order valence-electron chi connectivity index (χ2n) is 4.88. The summed E-state index contributed by atoms with van der Waals surface area (Å²) in [6, 6.07) is 14.0. The van der Waals surface area contributed by atoms with Crippen molar-refractivity contribution in [3.8, 4) is 0 Å². The molecule has 0 fully saturated rings. The number of carbonyl (C=O) groups excluding carboxylic acids is 1. The van der Waals surface area contributed by atoms with E-state index in [0.29, 0.717) is 12.1 Å². The predicted molar refractivity (Wildman–Crippen MR) is 81.0 cm³/mol. The first kappa shape index (κ1) is 14.1. The van der Waals surface area contributed by atoms with Crippen molar-refractivity contribution < 1.29 is 9.53 Å². The molecule has 0 aliphatic rings. The van der Waals surface area contributed by atoms with Crippen LogP contribution in [0.2, 0.25) is 0 Å². The Morgan fingerprint density at radius 1 is 1.05 bits per heavy atom. The maximum Gasteiger partial charge on any atom is 0.339 e. The molecule has 0 atom stereocenters. The molecule has 2 aromatic rings. The summed E-state index contributed by atoms with van der Waals surface area (Å²) in [5, 5.41) is 3.29. The molecule has 0 bridgehead atoms. The Morgan fingerprint density at radius 3 is 2.35 bits per heavy atom. The number of rotatable bonds is 4. The second-order valence-corrected chi connectivity index (χ2v) is 4.88. The van der Waals surface area contributed by atoms with Crippen molar-refractivity contribution in [2.24, 2.45) is 0 Å². The van der Waals surface area contributed by atoms with Crippen LogP contribution in [-0.2, 0) is 11.3 Å². The molecule has 3 nitrogen and oxygen atoms in total. The van der Waals surface area contributed by atoms with Crippen LogP contribution in [0.25, 0.3) is 0 Å². The number of esters is 1. The molecule has 0 heterocycles. The van der Waals surface area contributed by atoms with Crippen LogP contribution in [-0.4, -0.2) is 13.1 Å². The van der Waals surface area contributed by atoms with Gasteiger partial charge in [0.05, 0.1) is 12.7 Å². The van der Waals surface area contributed by atoms with Crippen molar-refractivity contribution >= 4 is 11.7 Å². The summed E-state index contributed by atoms with van der Waals surface area (Å²) in [7, 11) is 1.40. The third-order valence-electron chi connectivity index (χ3n) is 3.18. The van der Waals surface area contributed by atoms with E-state index in [2.05, 4.69) is 36.5 Å². The van der Waals surface area contributed by atoms with Crippen LogP contribution in [0.4, 0.5) is 5.69 Å². The maximum absolute atomic E-state index is 11.8. The van der Waals surface area contributed by atoms with E-state index >= 15 is 0 Å². The van der Waals surface area contributed by atoms with Crippen LogP contribution in [0.15, 0.2) is 42.5 Å². The van der Waals surface area contributed by atoms with Gasteiger partial charge >= 0.3 is 5.97 Å². The molecule has 0 amide bonds. The van der Waals surface area contributed by atoms with Crippen LogP contribution in [0.3, 0.4) is 0 Å². The van der Waals surface area contributed by atoms with Gasteiger partial charge in [0.1, 0.15) is 0 Å². The highest BCUT2D eigenvalue weighted by atomic mass is 16.5. The van der Waals surface area contributed by atoms with Gasteiger partial charge in [-0.05, 0) is 31.5 Å². The van der Waals surface area contributed by atoms with Gasteiger partial charge in [-0.25, -0.2) is 4.79 Å². The van der Waals surface area contributed by atoms with E-state index in [1.165, 1.54) is 18.2 Å². The van der Waals surface area contributed by atoms with Crippen LogP contribution in [0.5, 0.6) is 0 Å². The highest BCUT2D eigenvalue weighted by molar-refractivity contribution is 5.95. The molecule has 2 aromatic carbocycles. The fourth-order valence-electron chi connectivity index (χ4n) is 1.99. The first-order valence-corrected chi connectivity index (χ1v) is 6.58. The zero-order valence-corrected chi connectivity index (χ0v) is 12.1. The van der Waals surface area contributed by atoms with E-state index in [1.54, 1.807) is 0 Å². The minimum absolute atomic E-state index is 0.319. The van der Waals surface area contributed by atoms with Crippen LogP contribution in [0.1, 0.15) is 27.0 Å². The van der Waals surface area contributed by atoms with Crippen LogP contribution >= 0.6 is 0 Å². The number of hydrogen-bond acceptors (Lipinski definition) is 3. The van der Waals surface area contributed by atoms with E-state index in [1.807, 2.05) is 25.1 Å². The van der Waals surface area contributed by atoms with E-state index in [-0.39, 0.29) is 5.97 Å². The predicted octanol–water partition coefficient (Wildman–Crippen LogP) is 3.70. The van der Waals surface area contributed by atoms with Gasteiger partial charge in [0.2, 0.25) is 0 Å². The van der Waals surface area contributed by atoms with Crippen LogP contribution in [0, 0.1) is 13.8 Å². The molecule has 0 saturated carbocycles. The summed E-state index contributed by atoms with van der Waals surface area (Å²) >= 11 is 0. The van der Waals surface area contributed by atoms with E-state index in [9.17, 15) is 4.79 Å². The minimum Gasteiger partial charge on any atom is -0.465 e. The average Bonchev–Trinajstić information content (AvgIpc) is 2.46. The monoisotopic (exact) mass is 269 g/mol. The lowest BCUT2D eigenvalue weighted by molar-refractivity contribution is 0.0601. The first-order chi connectivity index (χ1) is 9.60. The molecule has 0 aliphatic carbocycles. The van der Waals surface area contributed by atoms with Crippen molar-refractivity contribution in [2.75, 3.05) is 12.4 Å². The molecule has 1 N–H and O–H groups in total. The van der Waals surface area contributed by atoms with Crippen molar-refractivity contribution in [3.63, 3.8) is 0 Å². The molecule has 0 unspecified atom stereocenters. The van der Waals surface area contributed by atoms with Gasteiger partial charge in [-0.2, -0.15) is 0 Å². The van der Waals surface area contributed by atoms with E-state index < -0.39 is 0 Å². The number of methoxy groups -OCH3 is 1. The van der Waals surface area contributed by atoms with Gasteiger partial charge in [-0.1, -0.05) is 41.5 Å². The zero-order chi connectivity index (χ0) is 14.5. The van der Waals surface area contributed by atoms with Gasteiger partial charge in [0.15, 0.2) is 0 Å². The molecular formula is C17H19NO2. The number of aryl methyl sites for hydroxylation is 2. The van der Waals surface area contributed by atoms with Crippen molar-refractivity contribution in [3.05, 3.63) is 64.7 Å². The number of hydrogen-bond donors (Lipinski definition) is 1. The molecule has 2 rings (SSSR count).